The van der Waals surface area contributed by atoms with Gasteiger partial charge >= 0.3 is 5.97 Å². The molecule has 8 heteroatoms. The van der Waals surface area contributed by atoms with Crippen LogP contribution < -0.4 is 19.6 Å². The minimum Gasteiger partial charge on any atom is -0.497 e. The van der Waals surface area contributed by atoms with Crippen LogP contribution in [-0.4, -0.2) is 24.3 Å². The van der Waals surface area contributed by atoms with Crippen molar-refractivity contribution < 1.29 is 18.7 Å². The molecule has 1 atom stereocenters. The van der Waals surface area contributed by atoms with Crippen LogP contribution >= 0.6 is 11.3 Å². The number of thiazole rings is 1. The molecule has 3 heterocycles. The number of carbonyl (C=O) groups excluding carboxylic acids is 1. The van der Waals surface area contributed by atoms with Crippen LogP contribution in [-0.2, 0) is 9.53 Å². The summed E-state index contributed by atoms with van der Waals surface area (Å²) >= 11 is 1.27. The summed E-state index contributed by atoms with van der Waals surface area (Å²) in [5.41, 5.74) is 2.21. The number of allylic oxidation sites excluding steroid dienone is 1. The summed E-state index contributed by atoms with van der Waals surface area (Å²) in [5.74, 6) is 0.202. The van der Waals surface area contributed by atoms with Gasteiger partial charge in [0, 0.05) is 5.56 Å². The summed E-state index contributed by atoms with van der Waals surface area (Å²) < 4.78 is 17.7. The lowest BCUT2D eigenvalue weighted by atomic mass is 9.96. The highest BCUT2D eigenvalue weighted by Gasteiger charge is 2.33. The highest BCUT2D eigenvalue weighted by Crippen LogP contribution is 2.31. The molecule has 0 amide bonds. The van der Waals surface area contributed by atoms with Gasteiger partial charge < -0.3 is 13.9 Å². The van der Waals surface area contributed by atoms with Gasteiger partial charge in [0.2, 0.25) is 0 Å². The molecule has 30 heavy (non-hydrogen) atoms. The lowest BCUT2D eigenvalue weighted by Gasteiger charge is -2.24. The predicted octanol–water partition coefficient (Wildman–Crippen LogP) is 2.40. The number of esters is 1. The van der Waals surface area contributed by atoms with Gasteiger partial charge in [-0.2, -0.15) is 0 Å². The quantitative estimate of drug-likeness (QED) is 0.588. The SMILES string of the molecule is CCOC(=O)C1=C(C)N=c2s/c(=C\c3ccoc3)c(=O)n2[C@@H]1c1ccc(OC)cc1. The van der Waals surface area contributed by atoms with E-state index in [2.05, 4.69) is 4.99 Å². The third-order valence-corrected chi connectivity index (χ3v) is 5.77. The second-order valence-corrected chi connectivity index (χ2v) is 7.64. The zero-order valence-electron chi connectivity index (χ0n) is 16.7. The fraction of sp³-hybridized carbons (Fsp3) is 0.227. The number of benzene rings is 1. The van der Waals surface area contributed by atoms with Gasteiger partial charge in [0.05, 0.1) is 48.1 Å². The number of hydrogen-bond donors (Lipinski definition) is 0. The molecule has 7 nitrogen and oxygen atoms in total. The molecule has 4 rings (SSSR count). The summed E-state index contributed by atoms with van der Waals surface area (Å²) in [4.78, 5) is 31.2. The minimum atomic E-state index is -0.641. The highest BCUT2D eigenvalue weighted by atomic mass is 32.1. The zero-order valence-corrected chi connectivity index (χ0v) is 17.6. The van der Waals surface area contributed by atoms with E-state index in [1.165, 1.54) is 11.3 Å². The maximum atomic E-state index is 13.3. The van der Waals surface area contributed by atoms with E-state index in [0.717, 1.165) is 11.1 Å². The largest absolute Gasteiger partial charge is 0.497 e. The van der Waals surface area contributed by atoms with Gasteiger partial charge in [-0.15, -0.1) is 0 Å². The van der Waals surface area contributed by atoms with E-state index in [4.69, 9.17) is 13.9 Å². The molecule has 0 bridgehead atoms. The van der Waals surface area contributed by atoms with E-state index in [9.17, 15) is 9.59 Å². The summed E-state index contributed by atoms with van der Waals surface area (Å²) in [7, 11) is 1.59. The van der Waals surface area contributed by atoms with Gasteiger partial charge in [-0.05, 0) is 43.7 Å². The number of furan rings is 1. The van der Waals surface area contributed by atoms with E-state index < -0.39 is 12.0 Å². The molecule has 0 fully saturated rings. The van der Waals surface area contributed by atoms with Gasteiger partial charge in [0.1, 0.15) is 5.75 Å². The van der Waals surface area contributed by atoms with Crippen molar-refractivity contribution in [2.24, 2.45) is 4.99 Å². The van der Waals surface area contributed by atoms with Crippen LogP contribution in [0, 0.1) is 0 Å². The van der Waals surface area contributed by atoms with Gasteiger partial charge in [0.25, 0.3) is 5.56 Å². The molecule has 1 aliphatic rings. The van der Waals surface area contributed by atoms with Crippen LogP contribution in [0.5, 0.6) is 5.75 Å². The molecule has 3 aromatic rings. The number of carbonyl (C=O) groups is 1. The second-order valence-electron chi connectivity index (χ2n) is 6.63. The van der Waals surface area contributed by atoms with E-state index in [0.29, 0.717) is 26.4 Å². The average molecular weight is 424 g/mol. The normalized spacial score (nSPS) is 16.2. The smallest absolute Gasteiger partial charge is 0.338 e. The first-order chi connectivity index (χ1) is 14.5. The second kappa shape index (κ2) is 8.16. The lowest BCUT2D eigenvalue weighted by molar-refractivity contribution is -0.139. The molecular weight excluding hydrogens is 404 g/mol. The average Bonchev–Trinajstić information content (AvgIpc) is 3.36. The van der Waals surface area contributed by atoms with Gasteiger partial charge in [-0.25, -0.2) is 9.79 Å². The summed E-state index contributed by atoms with van der Waals surface area (Å²) in [6.07, 6.45) is 4.86. The molecule has 0 saturated heterocycles. The zero-order chi connectivity index (χ0) is 21.3. The first kappa shape index (κ1) is 19.9. The van der Waals surface area contributed by atoms with Gasteiger partial charge in [0.15, 0.2) is 4.80 Å². The first-order valence-corrected chi connectivity index (χ1v) is 10.2. The molecule has 0 N–H and O–H groups in total. The molecule has 0 aliphatic carbocycles. The van der Waals surface area contributed by atoms with Crippen molar-refractivity contribution in [3.8, 4) is 5.75 Å². The van der Waals surface area contributed by atoms with Crippen molar-refractivity contribution in [1.29, 1.82) is 0 Å². The molecule has 0 unspecified atom stereocenters. The fourth-order valence-corrected chi connectivity index (χ4v) is 4.45. The number of nitrogens with zero attached hydrogens (tertiary/aromatic N) is 2. The maximum absolute atomic E-state index is 13.3. The number of fused-ring (bicyclic) bond motifs is 1. The van der Waals surface area contributed by atoms with Crippen molar-refractivity contribution in [2.75, 3.05) is 13.7 Å². The third kappa shape index (κ3) is 3.50. The van der Waals surface area contributed by atoms with Gasteiger partial charge in [-0.1, -0.05) is 23.5 Å². The van der Waals surface area contributed by atoms with Crippen LogP contribution in [0.15, 0.2) is 68.3 Å². The Bertz CT molecular complexity index is 1280. The molecule has 154 valence electrons. The van der Waals surface area contributed by atoms with Crippen molar-refractivity contribution in [3.63, 3.8) is 0 Å². The monoisotopic (exact) mass is 424 g/mol. The van der Waals surface area contributed by atoms with Crippen LogP contribution in [0.2, 0.25) is 0 Å². The van der Waals surface area contributed by atoms with Crippen molar-refractivity contribution in [1.82, 2.24) is 4.57 Å². The Morgan fingerprint density at radius 2 is 2.07 bits per heavy atom. The standard InChI is InChI=1S/C22H20N2O5S/c1-4-29-21(26)18-13(2)23-22-24(19(18)15-5-7-16(27-3)8-6-15)20(25)17(30-22)11-14-9-10-28-12-14/h5-12,19H,4H2,1-3H3/b17-11-/t19-/m1/s1. The molecule has 0 spiro atoms. The van der Waals surface area contributed by atoms with E-state index >= 15 is 0 Å². The fourth-order valence-electron chi connectivity index (χ4n) is 3.40. The molecule has 0 saturated carbocycles. The molecule has 1 aromatic carbocycles. The molecule has 1 aliphatic heterocycles. The summed E-state index contributed by atoms with van der Waals surface area (Å²) in [5, 5.41) is 0. The van der Waals surface area contributed by atoms with E-state index in [-0.39, 0.29) is 12.2 Å². The summed E-state index contributed by atoms with van der Waals surface area (Å²) in [6.45, 7) is 3.74. The topological polar surface area (TPSA) is 83.0 Å². The van der Waals surface area contributed by atoms with Crippen LogP contribution in [0.3, 0.4) is 0 Å². The Hall–Kier alpha value is -3.39. The van der Waals surface area contributed by atoms with Crippen LogP contribution in [0.4, 0.5) is 0 Å². The Balaban J connectivity index is 1.95. The van der Waals surface area contributed by atoms with Crippen molar-refractivity contribution in [3.05, 3.63) is 84.9 Å². The number of methoxy groups -OCH3 is 1. The van der Waals surface area contributed by atoms with Crippen LogP contribution in [0.25, 0.3) is 6.08 Å². The van der Waals surface area contributed by atoms with Gasteiger partial charge in [-0.3, -0.25) is 9.36 Å². The maximum Gasteiger partial charge on any atom is 0.338 e. The van der Waals surface area contributed by atoms with Crippen molar-refractivity contribution in [2.45, 2.75) is 19.9 Å². The Morgan fingerprint density at radius 3 is 2.70 bits per heavy atom. The number of ether oxygens (including phenoxy) is 2. The third-order valence-electron chi connectivity index (χ3n) is 4.79. The Morgan fingerprint density at radius 1 is 1.30 bits per heavy atom. The number of rotatable bonds is 5. The van der Waals surface area contributed by atoms with E-state index in [1.54, 1.807) is 62.3 Å². The molecule has 2 aromatic heterocycles. The number of hydrogen-bond acceptors (Lipinski definition) is 7. The lowest BCUT2D eigenvalue weighted by Crippen LogP contribution is -2.39. The highest BCUT2D eigenvalue weighted by molar-refractivity contribution is 7.07. The number of aromatic nitrogens is 1. The Labute approximate surface area is 176 Å². The molecule has 0 radical (unpaired) electrons. The summed E-state index contributed by atoms with van der Waals surface area (Å²) in [6, 6.07) is 8.42. The van der Waals surface area contributed by atoms with E-state index in [1.807, 2.05) is 12.1 Å². The first-order valence-electron chi connectivity index (χ1n) is 9.39. The van der Waals surface area contributed by atoms with Crippen LogP contribution in [0.1, 0.15) is 31.0 Å². The molecular formula is C22H20N2O5S. The Kier molecular flexibility index (Phi) is 5.41. The predicted molar refractivity (Wildman–Crippen MR) is 112 cm³/mol. The minimum absolute atomic E-state index is 0.227. The van der Waals surface area contributed by atoms with Crippen molar-refractivity contribution >= 4 is 23.4 Å².